The first-order chi connectivity index (χ1) is 10.1. The highest BCUT2D eigenvalue weighted by Crippen LogP contribution is 2.28. The van der Waals surface area contributed by atoms with E-state index < -0.39 is 5.82 Å². The Labute approximate surface area is 120 Å². The van der Waals surface area contributed by atoms with Crippen molar-refractivity contribution in [3.63, 3.8) is 0 Å². The summed E-state index contributed by atoms with van der Waals surface area (Å²) < 4.78 is 20.9. The molecule has 0 aliphatic rings. The monoisotopic (exact) mass is 284 g/mol. The van der Waals surface area contributed by atoms with Crippen LogP contribution in [0, 0.1) is 5.82 Å². The van der Waals surface area contributed by atoms with Gasteiger partial charge in [-0.3, -0.25) is 9.67 Å². The number of rotatable bonds is 3. The predicted molar refractivity (Wildman–Crippen MR) is 77.3 cm³/mol. The summed E-state index contributed by atoms with van der Waals surface area (Å²) in [5, 5.41) is 4.09. The zero-order valence-electron chi connectivity index (χ0n) is 11.3. The first kappa shape index (κ1) is 13.1. The minimum atomic E-state index is -0.505. The molecule has 6 heteroatoms. The fourth-order valence-corrected chi connectivity index (χ4v) is 1.91. The highest BCUT2D eigenvalue weighted by atomic mass is 19.1. The van der Waals surface area contributed by atoms with Crippen LogP contribution >= 0.6 is 0 Å². The maximum Gasteiger partial charge on any atom is 0.167 e. The van der Waals surface area contributed by atoms with Crippen LogP contribution in [0.15, 0.2) is 48.9 Å². The third-order valence-electron chi connectivity index (χ3n) is 2.92. The topological polar surface area (TPSA) is 66.0 Å². The van der Waals surface area contributed by atoms with Crippen LogP contribution in [0.25, 0.3) is 11.3 Å². The highest BCUT2D eigenvalue weighted by Gasteiger charge is 2.08. The van der Waals surface area contributed by atoms with Gasteiger partial charge in [0, 0.05) is 42.8 Å². The van der Waals surface area contributed by atoms with Gasteiger partial charge in [-0.25, -0.2) is 4.39 Å². The molecule has 2 aromatic heterocycles. The summed E-state index contributed by atoms with van der Waals surface area (Å²) in [5.74, 6) is 0.106. The Kier molecular flexibility index (Phi) is 3.27. The number of hydrogen-bond donors (Lipinski definition) is 1. The van der Waals surface area contributed by atoms with Gasteiger partial charge in [-0.2, -0.15) is 5.10 Å². The lowest BCUT2D eigenvalue weighted by atomic mass is 10.2. The molecule has 106 valence electrons. The second kappa shape index (κ2) is 5.24. The molecular weight excluding hydrogens is 271 g/mol. The van der Waals surface area contributed by atoms with E-state index in [0.717, 1.165) is 5.56 Å². The van der Waals surface area contributed by atoms with Gasteiger partial charge in [-0.15, -0.1) is 0 Å². The van der Waals surface area contributed by atoms with Gasteiger partial charge in [-0.1, -0.05) is 0 Å². The molecule has 0 bridgehead atoms. The Morgan fingerprint density at radius 1 is 1.24 bits per heavy atom. The lowest BCUT2D eigenvalue weighted by Gasteiger charge is -2.08. The standard InChI is InChI=1S/C15H13FN4O/c1-20-9-10(8-19-20)14-7-12(4-5-18-14)21-15-3-2-11(17)6-13(15)16/h2-9H,17H2,1H3. The molecular formula is C15H13FN4O. The number of pyridine rings is 1. The van der Waals surface area contributed by atoms with Crippen molar-refractivity contribution < 1.29 is 9.13 Å². The number of anilines is 1. The molecule has 2 heterocycles. The summed E-state index contributed by atoms with van der Waals surface area (Å²) in [7, 11) is 1.83. The van der Waals surface area contributed by atoms with Gasteiger partial charge in [0.15, 0.2) is 11.6 Å². The van der Waals surface area contributed by atoms with E-state index in [4.69, 9.17) is 10.5 Å². The molecule has 0 saturated heterocycles. The van der Waals surface area contributed by atoms with Crippen molar-refractivity contribution in [2.24, 2.45) is 7.05 Å². The van der Waals surface area contributed by atoms with Crippen LogP contribution in [-0.4, -0.2) is 14.8 Å². The van der Waals surface area contributed by atoms with E-state index in [1.165, 1.54) is 12.1 Å². The van der Waals surface area contributed by atoms with Gasteiger partial charge in [0.1, 0.15) is 5.75 Å². The van der Waals surface area contributed by atoms with Crippen LogP contribution in [0.2, 0.25) is 0 Å². The van der Waals surface area contributed by atoms with E-state index in [1.807, 2.05) is 13.2 Å². The van der Waals surface area contributed by atoms with Gasteiger partial charge in [0.05, 0.1) is 11.9 Å². The van der Waals surface area contributed by atoms with Crippen molar-refractivity contribution in [2.45, 2.75) is 0 Å². The van der Waals surface area contributed by atoms with E-state index in [0.29, 0.717) is 17.1 Å². The van der Waals surface area contributed by atoms with Crippen LogP contribution in [0.3, 0.4) is 0 Å². The largest absolute Gasteiger partial charge is 0.454 e. The van der Waals surface area contributed by atoms with Gasteiger partial charge < -0.3 is 10.5 Å². The second-order valence-electron chi connectivity index (χ2n) is 4.57. The maximum atomic E-state index is 13.7. The second-order valence-corrected chi connectivity index (χ2v) is 4.57. The van der Waals surface area contributed by atoms with E-state index in [-0.39, 0.29) is 5.75 Å². The van der Waals surface area contributed by atoms with E-state index in [9.17, 15) is 4.39 Å². The molecule has 2 N–H and O–H groups in total. The van der Waals surface area contributed by atoms with Crippen molar-refractivity contribution in [1.82, 2.24) is 14.8 Å². The van der Waals surface area contributed by atoms with Gasteiger partial charge in [0.2, 0.25) is 0 Å². The average Bonchev–Trinajstić information content (AvgIpc) is 2.89. The maximum absolute atomic E-state index is 13.7. The van der Waals surface area contributed by atoms with Crippen molar-refractivity contribution in [3.8, 4) is 22.8 Å². The molecule has 0 fully saturated rings. The van der Waals surface area contributed by atoms with E-state index in [1.54, 1.807) is 35.3 Å². The Hall–Kier alpha value is -2.89. The molecule has 3 aromatic rings. The SMILES string of the molecule is Cn1cc(-c2cc(Oc3ccc(N)cc3F)ccn2)cn1. The molecule has 0 saturated carbocycles. The summed E-state index contributed by atoms with van der Waals surface area (Å²) in [6, 6.07) is 7.69. The number of nitrogens with zero attached hydrogens (tertiary/aromatic N) is 3. The van der Waals surface area contributed by atoms with Gasteiger partial charge in [0.25, 0.3) is 0 Å². The molecule has 0 aliphatic heterocycles. The van der Waals surface area contributed by atoms with Crippen LogP contribution in [0.4, 0.5) is 10.1 Å². The summed E-state index contributed by atoms with van der Waals surface area (Å²) in [6.45, 7) is 0. The zero-order valence-corrected chi connectivity index (χ0v) is 11.3. The first-order valence-electron chi connectivity index (χ1n) is 6.30. The summed E-state index contributed by atoms with van der Waals surface area (Å²) >= 11 is 0. The normalized spacial score (nSPS) is 10.6. The Morgan fingerprint density at radius 3 is 2.81 bits per heavy atom. The third-order valence-corrected chi connectivity index (χ3v) is 2.92. The Bertz CT molecular complexity index is 785. The molecule has 3 rings (SSSR count). The van der Waals surface area contributed by atoms with E-state index in [2.05, 4.69) is 10.1 Å². The minimum absolute atomic E-state index is 0.118. The third kappa shape index (κ3) is 2.84. The fourth-order valence-electron chi connectivity index (χ4n) is 1.91. The zero-order chi connectivity index (χ0) is 14.8. The van der Waals surface area contributed by atoms with Crippen molar-refractivity contribution >= 4 is 5.69 Å². The summed E-state index contributed by atoms with van der Waals surface area (Å²) in [5.41, 5.74) is 7.43. The molecule has 21 heavy (non-hydrogen) atoms. The van der Waals surface area contributed by atoms with Gasteiger partial charge >= 0.3 is 0 Å². The van der Waals surface area contributed by atoms with Crippen LogP contribution in [0.1, 0.15) is 0 Å². The van der Waals surface area contributed by atoms with Crippen LogP contribution in [-0.2, 0) is 7.05 Å². The van der Waals surface area contributed by atoms with Gasteiger partial charge in [-0.05, 0) is 18.2 Å². The number of nitrogen functional groups attached to an aromatic ring is 1. The molecule has 0 amide bonds. The smallest absolute Gasteiger partial charge is 0.167 e. The predicted octanol–water partition coefficient (Wildman–Crippen LogP) is 3.00. The number of halogens is 1. The van der Waals surface area contributed by atoms with Crippen molar-refractivity contribution in [2.75, 3.05) is 5.73 Å². The molecule has 0 atom stereocenters. The highest BCUT2D eigenvalue weighted by molar-refractivity contribution is 5.59. The minimum Gasteiger partial charge on any atom is -0.454 e. The van der Waals surface area contributed by atoms with Crippen LogP contribution in [0.5, 0.6) is 11.5 Å². The molecule has 0 spiro atoms. The van der Waals surface area contributed by atoms with E-state index >= 15 is 0 Å². The molecule has 0 unspecified atom stereocenters. The van der Waals surface area contributed by atoms with Crippen molar-refractivity contribution in [3.05, 3.63) is 54.7 Å². The fraction of sp³-hybridized carbons (Fsp3) is 0.0667. The summed E-state index contributed by atoms with van der Waals surface area (Å²) in [6.07, 6.45) is 5.15. The number of benzene rings is 1. The Balaban J connectivity index is 1.89. The average molecular weight is 284 g/mol. The Morgan fingerprint density at radius 2 is 2.10 bits per heavy atom. The number of hydrogen-bond acceptors (Lipinski definition) is 4. The quantitative estimate of drug-likeness (QED) is 0.751. The molecule has 5 nitrogen and oxygen atoms in total. The van der Waals surface area contributed by atoms with Crippen LogP contribution < -0.4 is 10.5 Å². The summed E-state index contributed by atoms with van der Waals surface area (Å²) in [4.78, 5) is 4.25. The lowest BCUT2D eigenvalue weighted by Crippen LogP contribution is -1.92. The number of ether oxygens (including phenoxy) is 1. The molecule has 0 aliphatic carbocycles. The number of nitrogens with two attached hydrogens (primary N) is 1. The lowest BCUT2D eigenvalue weighted by molar-refractivity contribution is 0.442. The molecule has 1 aromatic carbocycles. The van der Waals surface area contributed by atoms with Crippen molar-refractivity contribution in [1.29, 1.82) is 0 Å². The molecule has 0 radical (unpaired) electrons. The number of aromatic nitrogens is 3. The first-order valence-corrected chi connectivity index (χ1v) is 6.30. The number of aryl methyl sites for hydroxylation is 1.